The molecular formula is C13H18N2O3. The third-order valence-electron chi connectivity index (χ3n) is 2.91. The summed E-state index contributed by atoms with van der Waals surface area (Å²) < 4.78 is 0. The normalized spacial score (nSPS) is 13.7. The van der Waals surface area contributed by atoms with E-state index in [9.17, 15) is 9.59 Å². The molecule has 1 unspecified atom stereocenters. The lowest BCUT2D eigenvalue weighted by molar-refractivity contribution is -0.146. The largest absolute Gasteiger partial charge is 0.480 e. The minimum atomic E-state index is -1.22. The molecule has 98 valence electrons. The summed E-state index contributed by atoms with van der Waals surface area (Å²) in [5.41, 5.74) is 5.73. The molecule has 5 nitrogen and oxygen atoms in total. The molecule has 0 heterocycles. The second kappa shape index (κ2) is 5.53. The number of nitrogens with one attached hydrogen (secondary N) is 1. The number of carbonyl (C=O) groups excluding carboxylic acids is 1. The summed E-state index contributed by atoms with van der Waals surface area (Å²) in [4.78, 5) is 22.8. The maximum absolute atomic E-state index is 11.8. The summed E-state index contributed by atoms with van der Waals surface area (Å²) in [5.74, 6) is -1.36. The number of amides is 1. The lowest BCUT2D eigenvalue weighted by Gasteiger charge is -2.24. The Kier molecular flexibility index (Phi) is 4.31. The third-order valence-corrected chi connectivity index (χ3v) is 2.91. The molecule has 0 aromatic heterocycles. The molecule has 0 bridgehead atoms. The van der Waals surface area contributed by atoms with Crippen molar-refractivity contribution in [3.8, 4) is 0 Å². The van der Waals surface area contributed by atoms with E-state index in [1.54, 1.807) is 31.2 Å². The monoisotopic (exact) mass is 250 g/mol. The van der Waals surface area contributed by atoms with Crippen molar-refractivity contribution in [3.05, 3.63) is 29.8 Å². The van der Waals surface area contributed by atoms with Crippen LogP contribution in [-0.4, -0.2) is 22.5 Å². The minimum absolute atomic E-state index is 0.119. The summed E-state index contributed by atoms with van der Waals surface area (Å²) in [6.45, 7) is 3.21. The van der Waals surface area contributed by atoms with Crippen LogP contribution in [0.25, 0.3) is 0 Å². The molecule has 4 N–H and O–H groups in total. The molecule has 0 spiro atoms. The zero-order valence-corrected chi connectivity index (χ0v) is 10.6. The van der Waals surface area contributed by atoms with Crippen LogP contribution in [0.2, 0.25) is 0 Å². The van der Waals surface area contributed by atoms with Crippen molar-refractivity contribution in [2.75, 3.05) is 5.73 Å². The van der Waals surface area contributed by atoms with Crippen molar-refractivity contribution in [3.63, 3.8) is 0 Å². The second-order valence-corrected chi connectivity index (χ2v) is 4.46. The maximum Gasteiger partial charge on any atom is 0.329 e. The van der Waals surface area contributed by atoms with Crippen LogP contribution in [0.4, 0.5) is 5.69 Å². The lowest BCUT2D eigenvalue weighted by Crippen LogP contribution is -2.52. The van der Waals surface area contributed by atoms with E-state index in [4.69, 9.17) is 10.8 Å². The van der Waals surface area contributed by atoms with E-state index in [-0.39, 0.29) is 12.3 Å². The van der Waals surface area contributed by atoms with Crippen LogP contribution in [0.5, 0.6) is 0 Å². The maximum atomic E-state index is 11.8. The fraction of sp³-hybridized carbons (Fsp3) is 0.385. The zero-order valence-electron chi connectivity index (χ0n) is 10.6. The Morgan fingerprint density at radius 1 is 1.44 bits per heavy atom. The molecule has 5 heteroatoms. The van der Waals surface area contributed by atoms with E-state index in [1.807, 2.05) is 0 Å². The van der Waals surface area contributed by atoms with Crippen molar-refractivity contribution in [1.82, 2.24) is 5.32 Å². The highest BCUT2D eigenvalue weighted by Gasteiger charge is 2.32. The summed E-state index contributed by atoms with van der Waals surface area (Å²) in [5, 5.41) is 11.6. The highest BCUT2D eigenvalue weighted by atomic mass is 16.4. The Bertz CT molecular complexity index is 459. The molecule has 18 heavy (non-hydrogen) atoms. The van der Waals surface area contributed by atoms with Gasteiger partial charge in [-0.1, -0.05) is 19.1 Å². The van der Waals surface area contributed by atoms with Gasteiger partial charge >= 0.3 is 5.97 Å². The summed E-state index contributed by atoms with van der Waals surface area (Å²) >= 11 is 0. The van der Waals surface area contributed by atoms with Gasteiger partial charge in [0.25, 0.3) is 0 Å². The van der Waals surface area contributed by atoms with Crippen LogP contribution in [0.15, 0.2) is 24.3 Å². The molecule has 0 aliphatic carbocycles. The molecule has 0 fully saturated rings. The molecule has 0 radical (unpaired) electrons. The van der Waals surface area contributed by atoms with Gasteiger partial charge in [-0.15, -0.1) is 0 Å². The van der Waals surface area contributed by atoms with Gasteiger partial charge in [-0.3, -0.25) is 4.79 Å². The number of anilines is 1. The summed E-state index contributed by atoms with van der Waals surface area (Å²) in [6, 6.07) is 6.96. The van der Waals surface area contributed by atoms with Gasteiger partial charge in [0.2, 0.25) is 5.91 Å². The average Bonchev–Trinajstić information content (AvgIpc) is 2.28. The summed E-state index contributed by atoms with van der Waals surface area (Å²) in [6.07, 6.45) is 0.443. The Balaban J connectivity index is 2.70. The van der Waals surface area contributed by atoms with E-state index >= 15 is 0 Å². The predicted octanol–water partition coefficient (Wildman–Crippen LogP) is 1.18. The van der Waals surface area contributed by atoms with Crippen LogP contribution < -0.4 is 11.1 Å². The van der Waals surface area contributed by atoms with Gasteiger partial charge < -0.3 is 16.2 Å². The fourth-order valence-electron chi connectivity index (χ4n) is 1.53. The number of carboxylic acid groups (broad SMARTS) is 1. The van der Waals surface area contributed by atoms with Gasteiger partial charge in [-0.05, 0) is 31.0 Å². The smallest absolute Gasteiger partial charge is 0.329 e. The van der Waals surface area contributed by atoms with E-state index < -0.39 is 11.5 Å². The zero-order chi connectivity index (χ0) is 13.8. The van der Waals surface area contributed by atoms with Gasteiger partial charge in [0, 0.05) is 5.69 Å². The number of aliphatic carboxylic acids is 1. The topological polar surface area (TPSA) is 92.4 Å². The van der Waals surface area contributed by atoms with Crippen LogP contribution >= 0.6 is 0 Å². The van der Waals surface area contributed by atoms with E-state index in [1.165, 1.54) is 6.92 Å². The number of nitrogens with two attached hydrogens (primary N) is 1. The summed E-state index contributed by atoms with van der Waals surface area (Å²) in [7, 11) is 0. The van der Waals surface area contributed by atoms with Crippen LogP contribution in [0, 0.1) is 0 Å². The Morgan fingerprint density at radius 2 is 2.11 bits per heavy atom. The van der Waals surface area contributed by atoms with Crippen molar-refractivity contribution in [1.29, 1.82) is 0 Å². The average molecular weight is 250 g/mol. The predicted molar refractivity (Wildman–Crippen MR) is 69.0 cm³/mol. The second-order valence-electron chi connectivity index (χ2n) is 4.46. The van der Waals surface area contributed by atoms with Gasteiger partial charge in [-0.2, -0.15) is 0 Å². The first-order valence-corrected chi connectivity index (χ1v) is 5.76. The SMILES string of the molecule is CCC(C)(NC(=O)Cc1cccc(N)c1)C(=O)O. The number of benzene rings is 1. The van der Waals surface area contributed by atoms with Crippen LogP contribution in [0.1, 0.15) is 25.8 Å². The first kappa shape index (κ1) is 14.0. The van der Waals surface area contributed by atoms with Gasteiger partial charge in [0.05, 0.1) is 6.42 Å². The molecule has 1 aromatic rings. The van der Waals surface area contributed by atoms with Gasteiger partial charge in [-0.25, -0.2) is 4.79 Å². The Hall–Kier alpha value is -2.04. The standard InChI is InChI=1S/C13H18N2O3/c1-3-13(2,12(17)18)15-11(16)8-9-5-4-6-10(14)7-9/h4-7H,3,8,14H2,1-2H3,(H,15,16)(H,17,18). The molecule has 0 saturated heterocycles. The molecule has 0 saturated carbocycles. The third kappa shape index (κ3) is 3.48. The van der Waals surface area contributed by atoms with Crippen molar-refractivity contribution < 1.29 is 14.7 Å². The quantitative estimate of drug-likeness (QED) is 0.684. The number of carbonyl (C=O) groups is 2. The highest BCUT2D eigenvalue weighted by Crippen LogP contribution is 2.11. The Labute approximate surface area is 106 Å². The van der Waals surface area contributed by atoms with Crippen LogP contribution in [0.3, 0.4) is 0 Å². The number of rotatable bonds is 5. The molecule has 1 amide bonds. The number of nitrogen functional groups attached to an aromatic ring is 1. The first-order valence-electron chi connectivity index (χ1n) is 5.76. The molecule has 1 atom stereocenters. The molecular weight excluding hydrogens is 232 g/mol. The van der Waals surface area contributed by atoms with Crippen LogP contribution in [-0.2, 0) is 16.0 Å². The first-order chi connectivity index (χ1) is 8.37. The molecule has 1 aromatic carbocycles. The van der Waals surface area contributed by atoms with E-state index in [2.05, 4.69) is 5.32 Å². The number of carboxylic acids is 1. The van der Waals surface area contributed by atoms with Crippen molar-refractivity contribution in [2.45, 2.75) is 32.2 Å². The number of hydrogen-bond acceptors (Lipinski definition) is 3. The fourth-order valence-corrected chi connectivity index (χ4v) is 1.53. The van der Waals surface area contributed by atoms with Crippen molar-refractivity contribution >= 4 is 17.6 Å². The highest BCUT2D eigenvalue weighted by molar-refractivity contribution is 5.87. The molecule has 0 aliphatic rings. The molecule has 1 rings (SSSR count). The van der Waals surface area contributed by atoms with Gasteiger partial charge in [0.1, 0.15) is 5.54 Å². The lowest BCUT2D eigenvalue weighted by atomic mass is 9.98. The van der Waals surface area contributed by atoms with Crippen molar-refractivity contribution in [2.24, 2.45) is 0 Å². The van der Waals surface area contributed by atoms with E-state index in [0.29, 0.717) is 12.1 Å². The Morgan fingerprint density at radius 3 is 2.61 bits per heavy atom. The minimum Gasteiger partial charge on any atom is -0.480 e. The van der Waals surface area contributed by atoms with Gasteiger partial charge in [0.15, 0.2) is 0 Å². The van der Waals surface area contributed by atoms with E-state index in [0.717, 1.165) is 5.56 Å². The number of hydrogen-bond donors (Lipinski definition) is 3. The molecule has 0 aliphatic heterocycles.